The van der Waals surface area contributed by atoms with Gasteiger partial charge in [0.2, 0.25) is 0 Å². The monoisotopic (exact) mass is 234 g/mol. The molecule has 1 N–H and O–H groups in total. The molecule has 94 valence electrons. The Hall–Kier alpha value is -0.760. The molecular formula is C15H22O2. The molecule has 2 aliphatic carbocycles. The van der Waals surface area contributed by atoms with Gasteiger partial charge in [0.05, 0.1) is 6.26 Å². The van der Waals surface area contributed by atoms with Crippen LogP contribution in [0.3, 0.4) is 0 Å². The maximum atomic E-state index is 10.7. The van der Waals surface area contributed by atoms with Gasteiger partial charge >= 0.3 is 0 Å². The fourth-order valence-electron chi connectivity index (χ4n) is 4.44. The molecule has 17 heavy (non-hydrogen) atoms. The molecule has 5 atom stereocenters. The SMILES string of the molecule is C[C@@H]1CC[C@@]2(C)[C@H](C)c3ccoc3[C@@H](O)[C@@]12C. The van der Waals surface area contributed by atoms with E-state index in [1.165, 1.54) is 18.4 Å². The standard InChI is InChI=1S/C15H22O2/c1-9-5-7-14(3)10(2)11-6-8-17-12(11)13(16)15(9,14)4/h6,8-10,13,16H,5,7H2,1-4H3/t9-,10-,13-,14+,15-/m1/s1. The molecule has 2 heteroatoms. The van der Waals surface area contributed by atoms with Crippen LogP contribution in [-0.4, -0.2) is 5.11 Å². The topological polar surface area (TPSA) is 33.4 Å². The summed E-state index contributed by atoms with van der Waals surface area (Å²) < 4.78 is 5.56. The Morgan fingerprint density at radius 2 is 2.06 bits per heavy atom. The van der Waals surface area contributed by atoms with Gasteiger partial charge < -0.3 is 9.52 Å². The second kappa shape index (κ2) is 3.17. The zero-order valence-corrected chi connectivity index (χ0v) is 11.2. The van der Waals surface area contributed by atoms with Crippen LogP contribution in [0, 0.1) is 16.7 Å². The Bertz CT molecular complexity index is 450. The molecule has 0 bridgehead atoms. The van der Waals surface area contributed by atoms with E-state index in [0.717, 1.165) is 5.76 Å². The summed E-state index contributed by atoms with van der Waals surface area (Å²) >= 11 is 0. The smallest absolute Gasteiger partial charge is 0.136 e. The van der Waals surface area contributed by atoms with E-state index in [0.29, 0.717) is 11.8 Å². The van der Waals surface area contributed by atoms with Crippen LogP contribution >= 0.6 is 0 Å². The Labute approximate surface area is 103 Å². The minimum Gasteiger partial charge on any atom is -0.466 e. The quantitative estimate of drug-likeness (QED) is 0.739. The Kier molecular flexibility index (Phi) is 2.11. The van der Waals surface area contributed by atoms with E-state index < -0.39 is 6.10 Å². The largest absolute Gasteiger partial charge is 0.466 e. The molecule has 0 aromatic carbocycles. The molecular weight excluding hydrogens is 212 g/mol. The number of fused-ring (bicyclic) bond motifs is 2. The fraction of sp³-hybridized carbons (Fsp3) is 0.733. The second-order valence-corrected chi connectivity index (χ2v) is 6.50. The van der Waals surface area contributed by atoms with Crippen LogP contribution in [0.1, 0.15) is 63.9 Å². The van der Waals surface area contributed by atoms with E-state index in [1.807, 2.05) is 6.07 Å². The first-order chi connectivity index (χ1) is 7.93. The molecule has 1 saturated carbocycles. The maximum absolute atomic E-state index is 10.7. The summed E-state index contributed by atoms with van der Waals surface area (Å²) in [7, 11) is 0. The minimum absolute atomic E-state index is 0.0583. The molecule has 0 amide bonds. The summed E-state index contributed by atoms with van der Waals surface area (Å²) in [6.07, 6.45) is 3.68. The van der Waals surface area contributed by atoms with Crippen molar-refractivity contribution in [3.63, 3.8) is 0 Å². The molecule has 1 aromatic heterocycles. The number of hydrogen-bond donors (Lipinski definition) is 1. The zero-order valence-electron chi connectivity index (χ0n) is 11.2. The molecule has 0 saturated heterocycles. The highest BCUT2D eigenvalue weighted by Gasteiger charge is 2.63. The fourth-order valence-corrected chi connectivity index (χ4v) is 4.44. The van der Waals surface area contributed by atoms with Crippen LogP contribution in [0.4, 0.5) is 0 Å². The van der Waals surface area contributed by atoms with Crippen molar-refractivity contribution in [3.8, 4) is 0 Å². The van der Waals surface area contributed by atoms with Crippen LogP contribution < -0.4 is 0 Å². The summed E-state index contributed by atoms with van der Waals surface area (Å²) in [6, 6.07) is 2.04. The van der Waals surface area contributed by atoms with Gasteiger partial charge in [0.25, 0.3) is 0 Å². The third-order valence-electron chi connectivity index (χ3n) is 6.32. The van der Waals surface area contributed by atoms with Gasteiger partial charge in [-0.3, -0.25) is 0 Å². The van der Waals surface area contributed by atoms with Crippen molar-refractivity contribution in [1.82, 2.24) is 0 Å². The van der Waals surface area contributed by atoms with E-state index in [2.05, 4.69) is 27.7 Å². The lowest BCUT2D eigenvalue weighted by Gasteiger charge is -2.53. The first kappa shape index (κ1) is 11.3. The van der Waals surface area contributed by atoms with Gasteiger partial charge in [0.1, 0.15) is 11.9 Å². The van der Waals surface area contributed by atoms with E-state index in [9.17, 15) is 5.11 Å². The highest BCUT2D eigenvalue weighted by atomic mass is 16.4. The average molecular weight is 234 g/mol. The summed E-state index contributed by atoms with van der Waals surface area (Å²) in [5.41, 5.74) is 1.34. The van der Waals surface area contributed by atoms with Gasteiger partial charge in [-0.1, -0.05) is 27.7 Å². The molecule has 0 unspecified atom stereocenters. The first-order valence-corrected chi connectivity index (χ1v) is 6.68. The first-order valence-electron chi connectivity index (χ1n) is 6.68. The van der Waals surface area contributed by atoms with Crippen LogP contribution in [0.2, 0.25) is 0 Å². The predicted octanol–water partition coefficient (Wildman–Crippen LogP) is 3.87. The Morgan fingerprint density at radius 1 is 1.35 bits per heavy atom. The van der Waals surface area contributed by atoms with E-state index in [1.54, 1.807) is 6.26 Å². The molecule has 1 fully saturated rings. The van der Waals surface area contributed by atoms with Gasteiger partial charge in [0, 0.05) is 5.41 Å². The van der Waals surface area contributed by atoms with Crippen molar-refractivity contribution >= 4 is 0 Å². The molecule has 3 rings (SSSR count). The molecule has 0 spiro atoms. The predicted molar refractivity (Wildman–Crippen MR) is 66.7 cm³/mol. The summed E-state index contributed by atoms with van der Waals surface area (Å²) in [5, 5.41) is 10.7. The molecule has 0 aliphatic heterocycles. The molecule has 1 aromatic rings. The number of furan rings is 1. The number of hydrogen-bond acceptors (Lipinski definition) is 2. The number of rotatable bonds is 0. The lowest BCUT2D eigenvalue weighted by molar-refractivity contribution is -0.0965. The highest BCUT2D eigenvalue weighted by molar-refractivity contribution is 5.34. The van der Waals surface area contributed by atoms with Crippen LogP contribution in [0.25, 0.3) is 0 Å². The number of aliphatic hydroxyl groups excluding tert-OH is 1. The Morgan fingerprint density at radius 3 is 2.76 bits per heavy atom. The summed E-state index contributed by atoms with van der Waals surface area (Å²) in [4.78, 5) is 0. The van der Waals surface area contributed by atoms with E-state index >= 15 is 0 Å². The van der Waals surface area contributed by atoms with Crippen LogP contribution in [-0.2, 0) is 0 Å². The zero-order chi connectivity index (χ0) is 12.4. The van der Waals surface area contributed by atoms with Crippen molar-refractivity contribution in [3.05, 3.63) is 23.7 Å². The maximum Gasteiger partial charge on any atom is 0.136 e. The Balaban J connectivity index is 2.23. The van der Waals surface area contributed by atoms with Gasteiger partial charge in [0.15, 0.2) is 0 Å². The summed E-state index contributed by atoms with van der Waals surface area (Å²) in [6.45, 7) is 9.16. The molecule has 1 heterocycles. The van der Waals surface area contributed by atoms with Crippen molar-refractivity contribution < 1.29 is 9.52 Å². The van der Waals surface area contributed by atoms with Crippen molar-refractivity contribution in [2.45, 2.75) is 52.6 Å². The summed E-state index contributed by atoms with van der Waals surface area (Å²) in [5.74, 6) is 1.82. The van der Waals surface area contributed by atoms with E-state index in [-0.39, 0.29) is 10.8 Å². The lowest BCUT2D eigenvalue weighted by Crippen LogP contribution is -2.47. The van der Waals surface area contributed by atoms with E-state index in [4.69, 9.17) is 4.42 Å². The van der Waals surface area contributed by atoms with Gasteiger partial charge in [-0.15, -0.1) is 0 Å². The normalized spacial score (nSPS) is 48.9. The molecule has 2 nitrogen and oxygen atoms in total. The molecule has 0 radical (unpaired) electrons. The van der Waals surface area contributed by atoms with Crippen molar-refractivity contribution in [2.24, 2.45) is 16.7 Å². The number of aliphatic hydroxyl groups is 1. The second-order valence-electron chi connectivity index (χ2n) is 6.50. The third-order valence-corrected chi connectivity index (χ3v) is 6.32. The van der Waals surface area contributed by atoms with Gasteiger partial charge in [-0.05, 0) is 41.7 Å². The highest BCUT2D eigenvalue weighted by Crippen LogP contribution is 2.69. The molecule has 2 aliphatic rings. The van der Waals surface area contributed by atoms with Crippen molar-refractivity contribution in [2.75, 3.05) is 0 Å². The van der Waals surface area contributed by atoms with Gasteiger partial charge in [-0.2, -0.15) is 0 Å². The third kappa shape index (κ3) is 1.06. The van der Waals surface area contributed by atoms with Gasteiger partial charge in [-0.25, -0.2) is 0 Å². The van der Waals surface area contributed by atoms with Crippen LogP contribution in [0.5, 0.6) is 0 Å². The van der Waals surface area contributed by atoms with Crippen LogP contribution in [0.15, 0.2) is 16.7 Å². The minimum atomic E-state index is -0.453. The average Bonchev–Trinajstić information content (AvgIpc) is 2.87. The van der Waals surface area contributed by atoms with Crippen molar-refractivity contribution in [1.29, 1.82) is 0 Å². The lowest BCUT2D eigenvalue weighted by atomic mass is 9.52.